The van der Waals surface area contributed by atoms with Gasteiger partial charge in [-0.05, 0) is 37.3 Å². The van der Waals surface area contributed by atoms with Crippen LogP contribution in [0.25, 0.3) is 0 Å². The highest BCUT2D eigenvalue weighted by Crippen LogP contribution is 2.34. The third-order valence-corrected chi connectivity index (χ3v) is 3.77. The number of carbonyl (C=O) groups is 2. The number of benzene rings is 2. The van der Waals surface area contributed by atoms with Gasteiger partial charge in [-0.1, -0.05) is 29.5 Å². The standard InChI is InChI=1S/C15H13NO3S/c1-10-2-5-12(6-3-10)20-14-7-4-11(15(18)19)8-13(14)16-9-17/h2-9H,1H3,(H,16,17)(H,18,19). The zero-order valence-electron chi connectivity index (χ0n) is 10.8. The van der Waals surface area contributed by atoms with E-state index in [1.165, 1.54) is 29.5 Å². The van der Waals surface area contributed by atoms with E-state index >= 15 is 0 Å². The molecule has 2 rings (SSSR count). The first-order valence-corrected chi connectivity index (χ1v) is 6.74. The minimum absolute atomic E-state index is 0.141. The van der Waals surface area contributed by atoms with E-state index in [1.54, 1.807) is 6.07 Å². The Hall–Kier alpha value is -2.27. The molecule has 20 heavy (non-hydrogen) atoms. The van der Waals surface area contributed by atoms with Crippen molar-refractivity contribution in [1.82, 2.24) is 0 Å². The first kappa shape index (κ1) is 14.1. The van der Waals surface area contributed by atoms with E-state index in [9.17, 15) is 9.59 Å². The minimum Gasteiger partial charge on any atom is -0.478 e. The second-order valence-electron chi connectivity index (χ2n) is 4.19. The van der Waals surface area contributed by atoms with Gasteiger partial charge in [0, 0.05) is 9.79 Å². The van der Waals surface area contributed by atoms with Crippen molar-refractivity contribution in [2.75, 3.05) is 5.32 Å². The highest BCUT2D eigenvalue weighted by molar-refractivity contribution is 7.99. The predicted octanol–water partition coefficient (Wildman–Crippen LogP) is 3.41. The average molecular weight is 287 g/mol. The summed E-state index contributed by atoms with van der Waals surface area (Å²) in [6.07, 6.45) is 0.542. The third kappa shape index (κ3) is 3.39. The highest BCUT2D eigenvalue weighted by Gasteiger charge is 2.09. The number of rotatable bonds is 5. The molecule has 2 aromatic carbocycles. The van der Waals surface area contributed by atoms with E-state index in [2.05, 4.69) is 5.32 Å². The van der Waals surface area contributed by atoms with Gasteiger partial charge in [-0.3, -0.25) is 4.79 Å². The lowest BCUT2D eigenvalue weighted by atomic mass is 10.2. The Labute approximate surface area is 120 Å². The van der Waals surface area contributed by atoms with Crippen molar-refractivity contribution in [2.24, 2.45) is 0 Å². The maximum Gasteiger partial charge on any atom is 0.335 e. The second-order valence-corrected chi connectivity index (χ2v) is 5.31. The van der Waals surface area contributed by atoms with Crippen molar-refractivity contribution < 1.29 is 14.7 Å². The fraction of sp³-hybridized carbons (Fsp3) is 0.0667. The van der Waals surface area contributed by atoms with E-state index in [1.807, 2.05) is 31.2 Å². The van der Waals surface area contributed by atoms with Gasteiger partial charge in [0.25, 0.3) is 0 Å². The molecule has 0 fully saturated rings. The number of hydrogen-bond acceptors (Lipinski definition) is 3. The number of carboxylic acid groups (broad SMARTS) is 1. The topological polar surface area (TPSA) is 66.4 Å². The fourth-order valence-electron chi connectivity index (χ4n) is 1.66. The molecule has 0 radical (unpaired) electrons. The van der Waals surface area contributed by atoms with Crippen LogP contribution in [-0.4, -0.2) is 17.5 Å². The fourth-order valence-corrected chi connectivity index (χ4v) is 2.55. The predicted molar refractivity (Wildman–Crippen MR) is 78.4 cm³/mol. The number of aryl methyl sites for hydroxylation is 1. The van der Waals surface area contributed by atoms with Gasteiger partial charge >= 0.3 is 5.97 Å². The van der Waals surface area contributed by atoms with Crippen LogP contribution < -0.4 is 5.32 Å². The van der Waals surface area contributed by atoms with Crippen molar-refractivity contribution in [1.29, 1.82) is 0 Å². The maximum atomic E-state index is 10.9. The summed E-state index contributed by atoms with van der Waals surface area (Å²) in [5.41, 5.74) is 1.80. The van der Waals surface area contributed by atoms with Crippen molar-refractivity contribution in [3.8, 4) is 0 Å². The Morgan fingerprint density at radius 2 is 1.90 bits per heavy atom. The Kier molecular flexibility index (Phi) is 4.42. The van der Waals surface area contributed by atoms with Crippen LogP contribution in [0, 0.1) is 6.92 Å². The summed E-state index contributed by atoms with van der Waals surface area (Å²) in [4.78, 5) is 23.4. The van der Waals surface area contributed by atoms with E-state index in [-0.39, 0.29) is 5.56 Å². The number of amides is 1. The molecular formula is C15H13NO3S. The van der Waals surface area contributed by atoms with Gasteiger partial charge in [0.1, 0.15) is 0 Å². The summed E-state index contributed by atoms with van der Waals surface area (Å²) in [5, 5.41) is 11.5. The molecule has 0 spiro atoms. The molecule has 0 bridgehead atoms. The Morgan fingerprint density at radius 3 is 2.50 bits per heavy atom. The van der Waals surface area contributed by atoms with Crippen molar-refractivity contribution in [3.63, 3.8) is 0 Å². The number of hydrogen-bond donors (Lipinski definition) is 2. The van der Waals surface area contributed by atoms with Gasteiger partial charge < -0.3 is 10.4 Å². The van der Waals surface area contributed by atoms with Crippen molar-refractivity contribution in [2.45, 2.75) is 16.7 Å². The Bertz CT molecular complexity index is 638. The molecule has 1 amide bonds. The third-order valence-electron chi connectivity index (χ3n) is 2.69. The molecule has 4 nitrogen and oxygen atoms in total. The van der Waals surface area contributed by atoms with Crippen molar-refractivity contribution in [3.05, 3.63) is 53.6 Å². The quantitative estimate of drug-likeness (QED) is 0.827. The lowest BCUT2D eigenvalue weighted by Crippen LogP contribution is -2.01. The molecule has 0 aliphatic carbocycles. The number of nitrogens with one attached hydrogen (secondary N) is 1. The molecule has 2 N–H and O–H groups in total. The summed E-state index contributed by atoms with van der Waals surface area (Å²) in [6, 6.07) is 12.6. The van der Waals surface area contributed by atoms with Crippen LogP contribution in [0.1, 0.15) is 15.9 Å². The van der Waals surface area contributed by atoms with Crippen LogP contribution in [0.2, 0.25) is 0 Å². The number of carboxylic acids is 1. The van der Waals surface area contributed by atoms with Gasteiger partial charge in [0.2, 0.25) is 6.41 Å². The zero-order valence-corrected chi connectivity index (χ0v) is 11.6. The molecule has 5 heteroatoms. The number of carbonyl (C=O) groups excluding carboxylic acids is 1. The highest BCUT2D eigenvalue weighted by atomic mass is 32.2. The monoisotopic (exact) mass is 287 g/mol. The van der Waals surface area contributed by atoms with E-state index in [0.717, 1.165) is 9.79 Å². The molecule has 102 valence electrons. The summed E-state index contributed by atoms with van der Waals surface area (Å²) < 4.78 is 0. The first-order chi connectivity index (χ1) is 9.60. The van der Waals surface area contributed by atoms with Gasteiger partial charge in [0.05, 0.1) is 11.3 Å². The van der Waals surface area contributed by atoms with Gasteiger partial charge in [-0.2, -0.15) is 0 Å². The summed E-state index contributed by atoms with van der Waals surface area (Å²) in [5.74, 6) is -1.02. The maximum absolute atomic E-state index is 10.9. The molecule has 0 unspecified atom stereocenters. The molecule has 0 saturated heterocycles. The van der Waals surface area contributed by atoms with Crippen LogP contribution in [-0.2, 0) is 4.79 Å². The molecule has 0 atom stereocenters. The summed E-state index contributed by atoms with van der Waals surface area (Å²) in [6.45, 7) is 2.01. The van der Waals surface area contributed by atoms with E-state index in [4.69, 9.17) is 5.11 Å². The molecule has 0 saturated carbocycles. The Balaban J connectivity index is 2.32. The first-order valence-electron chi connectivity index (χ1n) is 5.92. The van der Waals surface area contributed by atoms with Gasteiger partial charge in [-0.15, -0.1) is 0 Å². The lowest BCUT2D eigenvalue weighted by Gasteiger charge is -2.09. The van der Waals surface area contributed by atoms with Crippen LogP contribution >= 0.6 is 11.8 Å². The molecule has 2 aromatic rings. The largest absolute Gasteiger partial charge is 0.478 e. The molecule has 0 aliphatic rings. The second kappa shape index (κ2) is 6.25. The van der Waals surface area contributed by atoms with E-state index in [0.29, 0.717) is 12.1 Å². The van der Waals surface area contributed by atoms with E-state index < -0.39 is 5.97 Å². The minimum atomic E-state index is -1.02. The van der Waals surface area contributed by atoms with Crippen LogP contribution in [0.3, 0.4) is 0 Å². The number of anilines is 1. The van der Waals surface area contributed by atoms with Crippen molar-refractivity contribution >= 4 is 29.8 Å². The van der Waals surface area contributed by atoms with Gasteiger partial charge in [-0.25, -0.2) is 4.79 Å². The van der Waals surface area contributed by atoms with Crippen LogP contribution in [0.5, 0.6) is 0 Å². The smallest absolute Gasteiger partial charge is 0.335 e. The zero-order chi connectivity index (χ0) is 14.5. The molecule has 0 heterocycles. The normalized spacial score (nSPS) is 10.1. The SMILES string of the molecule is Cc1ccc(Sc2ccc(C(=O)O)cc2NC=O)cc1. The summed E-state index contributed by atoms with van der Waals surface area (Å²) in [7, 11) is 0. The van der Waals surface area contributed by atoms with Crippen LogP contribution in [0.15, 0.2) is 52.3 Å². The lowest BCUT2D eigenvalue weighted by molar-refractivity contribution is -0.105. The molecule has 0 aliphatic heterocycles. The average Bonchev–Trinajstić information content (AvgIpc) is 2.43. The van der Waals surface area contributed by atoms with Gasteiger partial charge in [0.15, 0.2) is 0 Å². The molecular weight excluding hydrogens is 274 g/mol. The van der Waals surface area contributed by atoms with Crippen LogP contribution in [0.4, 0.5) is 5.69 Å². The Morgan fingerprint density at radius 1 is 1.20 bits per heavy atom. The molecule has 0 aromatic heterocycles. The summed E-state index contributed by atoms with van der Waals surface area (Å²) >= 11 is 1.47. The number of aromatic carboxylic acids is 1.